The van der Waals surface area contributed by atoms with Crippen molar-refractivity contribution in [1.29, 1.82) is 0 Å². The van der Waals surface area contributed by atoms with Gasteiger partial charge < -0.3 is 14.8 Å². The van der Waals surface area contributed by atoms with Crippen molar-refractivity contribution in [2.75, 3.05) is 6.61 Å². The van der Waals surface area contributed by atoms with Crippen LogP contribution in [0.2, 0.25) is 0 Å². The fourth-order valence-electron chi connectivity index (χ4n) is 3.25. The number of hydrogen-bond donors (Lipinski definition) is 2. The average molecular weight is 273 g/mol. The zero-order valence-corrected chi connectivity index (χ0v) is 11.4. The van der Waals surface area contributed by atoms with Crippen LogP contribution in [0.1, 0.15) is 40.9 Å². The highest BCUT2D eigenvalue weighted by Crippen LogP contribution is 2.33. The highest BCUT2D eigenvalue weighted by atomic mass is 16.4. The molecule has 0 saturated heterocycles. The number of hydrogen-bond acceptors (Lipinski definition) is 2. The first kappa shape index (κ1) is 13.2. The summed E-state index contributed by atoms with van der Waals surface area (Å²) in [5.74, 6) is -0.875. The zero-order valence-electron chi connectivity index (χ0n) is 11.4. The van der Waals surface area contributed by atoms with Crippen LogP contribution in [-0.2, 0) is 19.4 Å². The normalized spacial score (nSPS) is 14.4. The summed E-state index contributed by atoms with van der Waals surface area (Å²) in [4.78, 5) is 11.2. The summed E-state index contributed by atoms with van der Waals surface area (Å²) in [5, 5.41) is 19.3. The van der Waals surface area contributed by atoms with Crippen LogP contribution < -0.4 is 0 Å². The van der Waals surface area contributed by atoms with Crippen molar-refractivity contribution in [3.63, 3.8) is 0 Å². The molecule has 0 aliphatic heterocycles. The summed E-state index contributed by atoms with van der Waals surface area (Å²) >= 11 is 0. The molecule has 0 amide bonds. The number of aliphatic hydroxyl groups excluding tert-OH is 1. The molecule has 1 heterocycles. The summed E-state index contributed by atoms with van der Waals surface area (Å²) in [7, 11) is 0. The van der Waals surface area contributed by atoms with Crippen LogP contribution in [-0.4, -0.2) is 27.4 Å². The van der Waals surface area contributed by atoms with Crippen molar-refractivity contribution >= 4 is 16.9 Å². The van der Waals surface area contributed by atoms with Gasteiger partial charge in [-0.2, -0.15) is 0 Å². The molecule has 20 heavy (non-hydrogen) atoms. The van der Waals surface area contributed by atoms with Crippen LogP contribution >= 0.6 is 0 Å². The van der Waals surface area contributed by atoms with Gasteiger partial charge >= 0.3 is 5.97 Å². The highest BCUT2D eigenvalue weighted by Gasteiger charge is 2.20. The summed E-state index contributed by atoms with van der Waals surface area (Å²) < 4.78 is 2.27. The van der Waals surface area contributed by atoms with Gasteiger partial charge in [0.25, 0.3) is 0 Å². The quantitative estimate of drug-likeness (QED) is 0.900. The number of carboxylic acids is 1. The molecule has 0 spiro atoms. The van der Waals surface area contributed by atoms with E-state index in [1.54, 1.807) is 12.1 Å². The number of nitrogens with zero attached hydrogens (tertiary/aromatic N) is 1. The largest absolute Gasteiger partial charge is 0.478 e. The van der Waals surface area contributed by atoms with Gasteiger partial charge in [-0.05, 0) is 55.9 Å². The first-order valence-electron chi connectivity index (χ1n) is 7.20. The molecule has 1 aliphatic rings. The monoisotopic (exact) mass is 273 g/mol. The summed E-state index contributed by atoms with van der Waals surface area (Å²) in [6.45, 7) is 0.983. The number of aromatic nitrogens is 1. The zero-order chi connectivity index (χ0) is 14.1. The molecule has 0 fully saturated rings. The van der Waals surface area contributed by atoms with Crippen molar-refractivity contribution < 1.29 is 15.0 Å². The molecule has 0 saturated carbocycles. The van der Waals surface area contributed by atoms with Crippen LogP contribution in [0.25, 0.3) is 10.9 Å². The Labute approximate surface area is 117 Å². The van der Waals surface area contributed by atoms with E-state index in [2.05, 4.69) is 4.57 Å². The number of carbonyl (C=O) groups is 1. The third-order valence-electron chi connectivity index (χ3n) is 4.16. The lowest BCUT2D eigenvalue weighted by molar-refractivity contribution is 0.0697. The molecule has 4 nitrogen and oxygen atoms in total. The second-order valence-electron chi connectivity index (χ2n) is 5.40. The van der Waals surface area contributed by atoms with E-state index in [-0.39, 0.29) is 6.61 Å². The molecule has 4 heteroatoms. The maximum atomic E-state index is 11.2. The molecular formula is C16H19NO3. The van der Waals surface area contributed by atoms with Crippen molar-refractivity contribution in [2.24, 2.45) is 0 Å². The lowest BCUT2D eigenvalue weighted by Gasteiger charge is -2.15. The van der Waals surface area contributed by atoms with Gasteiger partial charge in [0, 0.05) is 29.7 Å². The first-order valence-corrected chi connectivity index (χ1v) is 7.20. The van der Waals surface area contributed by atoms with E-state index < -0.39 is 5.97 Å². The predicted molar refractivity (Wildman–Crippen MR) is 77.2 cm³/mol. The minimum absolute atomic E-state index is 0.182. The van der Waals surface area contributed by atoms with Crippen molar-refractivity contribution in [3.05, 3.63) is 35.0 Å². The van der Waals surface area contributed by atoms with Crippen LogP contribution in [0.3, 0.4) is 0 Å². The third-order valence-corrected chi connectivity index (χ3v) is 4.16. The van der Waals surface area contributed by atoms with Gasteiger partial charge in [-0.3, -0.25) is 0 Å². The lowest BCUT2D eigenvalue weighted by Crippen LogP contribution is -2.09. The lowest BCUT2D eigenvalue weighted by atomic mass is 9.95. The smallest absolute Gasteiger partial charge is 0.335 e. The summed E-state index contributed by atoms with van der Waals surface area (Å²) in [6.07, 6.45) is 5.17. The number of carboxylic acid groups (broad SMARTS) is 1. The van der Waals surface area contributed by atoms with Crippen LogP contribution in [0.4, 0.5) is 0 Å². The van der Waals surface area contributed by atoms with Gasteiger partial charge in [-0.1, -0.05) is 0 Å². The van der Waals surface area contributed by atoms with Crippen LogP contribution in [0.5, 0.6) is 0 Å². The fourth-order valence-corrected chi connectivity index (χ4v) is 3.25. The fraction of sp³-hybridized carbons (Fsp3) is 0.438. The van der Waals surface area contributed by atoms with Crippen LogP contribution in [0, 0.1) is 0 Å². The van der Waals surface area contributed by atoms with Crippen molar-refractivity contribution in [1.82, 2.24) is 4.57 Å². The Balaban J connectivity index is 2.19. The molecule has 1 aliphatic carbocycles. The molecule has 1 aromatic heterocycles. The highest BCUT2D eigenvalue weighted by molar-refractivity contribution is 5.95. The number of aromatic carboxylic acids is 1. The molecule has 0 unspecified atom stereocenters. The van der Waals surface area contributed by atoms with E-state index >= 15 is 0 Å². The molecule has 2 N–H and O–H groups in total. The molecule has 0 radical (unpaired) electrons. The Morgan fingerprint density at radius 2 is 2.05 bits per heavy atom. The van der Waals surface area contributed by atoms with Gasteiger partial charge in [0.1, 0.15) is 0 Å². The van der Waals surface area contributed by atoms with Crippen molar-refractivity contribution in [2.45, 2.75) is 38.6 Å². The second-order valence-corrected chi connectivity index (χ2v) is 5.40. The molecule has 0 bridgehead atoms. The molecule has 0 atom stereocenters. The molecule has 1 aromatic carbocycles. The minimum atomic E-state index is -0.875. The van der Waals surface area contributed by atoms with E-state index in [4.69, 9.17) is 10.2 Å². The van der Waals surface area contributed by atoms with Gasteiger partial charge in [-0.15, -0.1) is 0 Å². The number of rotatable bonds is 4. The minimum Gasteiger partial charge on any atom is -0.478 e. The Morgan fingerprint density at radius 1 is 1.25 bits per heavy atom. The van der Waals surface area contributed by atoms with E-state index in [9.17, 15) is 4.79 Å². The molecule has 106 valence electrons. The Hall–Kier alpha value is -1.81. The maximum absolute atomic E-state index is 11.2. The average Bonchev–Trinajstić information content (AvgIpc) is 2.78. The second kappa shape index (κ2) is 5.29. The topological polar surface area (TPSA) is 62.5 Å². The standard InChI is InChI=1S/C16H19NO3/c18-9-3-8-17-14-5-2-1-4-12(14)13-10-11(16(19)20)6-7-15(13)17/h6-7,10,18H,1-5,8-9H2,(H,19,20). The number of fused-ring (bicyclic) bond motifs is 3. The van der Waals surface area contributed by atoms with E-state index in [0.717, 1.165) is 36.7 Å². The van der Waals surface area contributed by atoms with Gasteiger partial charge in [0.15, 0.2) is 0 Å². The number of aliphatic hydroxyl groups is 1. The Bertz CT molecular complexity index is 657. The van der Waals surface area contributed by atoms with E-state index in [1.165, 1.54) is 24.1 Å². The van der Waals surface area contributed by atoms with Crippen molar-refractivity contribution in [3.8, 4) is 0 Å². The first-order chi connectivity index (χ1) is 9.72. The van der Waals surface area contributed by atoms with Gasteiger partial charge in [0.05, 0.1) is 5.56 Å². The SMILES string of the molecule is O=C(O)c1ccc2c(c1)c1c(n2CCCO)CCCC1. The summed E-state index contributed by atoms with van der Waals surface area (Å²) in [5.41, 5.74) is 4.11. The predicted octanol–water partition coefficient (Wildman–Crippen LogP) is 2.60. The summed E-state index contributed by atoms with van der Waals surface area (Å²) in [6, 6.07) is 5.39. The molecule has 3 rings (SSSR count). The number of aryl methyl sites for hydroxylation is 2. The Kier molecular flexibility index (Phi) is 3.49. The maximum Gasteiger partial charge on any atom is 0.335 e. The number of benzene rings is 1. The van der Waals surface area contributed by atoms with Crippen LogP contribution in [0.15, 0.2) is 18.2 Å². The Morgan fingerprint density at radius 3 is 2.80 bits per heavy atom. The van der Waals surface area contributed by atoms with Gasteiger partial charge in [0.2, 0.25) is 0 Å². The molecular weight excluding hydrogens is 254 g/mol. The van der Waals surface area contributed by atoms with E-state index in [0.29, 0.717) is 5.56 Å². The molecule has 2 aromatic rings. The van der Waals surface area contributed by atoms with Gasteiger partial charge in [-0.25, -0.2) is 4.79 Å². The van der Waals surface area contributed by atoms with E-state index in [1.807, 2.05) is 6.07 Å². The third kappa shape index (κ3) is 2.10.